The van der Waals surface area contributed by atoms with E-state index in [9.17, 15) is 24.0 Å². The zero-order chi connectivity index (χ0) is 23.3. The van der Waals surface area contributed by atoms with Crippen molar-refractivity contribution in [1.82, 2.24) is 16.0 Å². The smallest absolute Gasteiger partial charge is 0.322 e. The Morgan fingerprint density at radius 3 is 1.97 bits per heavy atom. The van der Waals surface area contributed by atoms with Gasteiger partial charge in [0.15, 0.2) is 0 Å². The number of aliphatic carboxylic acids is 2. The molecule has 0 saturated carbocycles. The summed E-state index contributed by atoms with van der Waals surface area (Å²) in [5, 5.41) is 24.5. The Labute approximate surface area is 175 Å². The SMILES string of the molecule is CC(C)CC(N)C(=O)NC(CCCCN)C(=O)NC(CC(=O)O)C(=O)NCC(=O)O. The second-order valence-electron chi connectivity index (χ2n) is 7.35. The van der Waals surface area contributed by atoms with Gasteiger partial charge in [-0.25, -0.2) is 0 Å². The van der Waals surface area contributed by atoms with Gasteiger partial charge in [-0.2, -0.15) is 0 Å². The minimum Gasteiger partial charge on any atom is -0.481 e. The largest absolute Gasteiger partial charge is 0.481 e. The Balaban J connectivity index is 5.25. The van der Waals surface area contributed by atoms with Crippen LogP contribution in [0.25, 0.3) is 0 Å². The summed E-state index contributed by atoms with van der Waals surface area (Å²) >= 11 is 0. The average Bonchev–Trinajstić information content (AvgIpc) is 2.63. The predicted octanol–water partition coefficient (Wildman–Crippen LogP) is -1.87. The molecular weight excluding hydrogens is 398 g/mol. The van der Waals surface area contributed by atoms with Crippen molar-refractivity contribution in [2.75, 3.05) is 13.1 Å². The zero-order valence-electron chi connectivity index (χ0n) is 17.3. The van der Waals surface area contributed by atoms with E-state index in [1.165, 1.54) is 0 Å². The molecule has 172 valence electrons. The summed E-state index contributed by atoms with van der Waals surface area (Å²) in [7, 11) is 0. The van der Waals surface area contributed by atoms with E-state index >= 15 is 0 Å². The lowest BCUT2D eigenvalue weighted by atomic mass is 10.0. The van der Waals surface area contributed by atoms with E-state index in [1.54, 1.807) is 0 Å². The molecule has 0 radical (unpaired) electrons. The quantitative estimate of drug-likeness (QED) is 0.144. The molecule has 0 heterocycles. The van der Waals surface area contributed by atoms with Gasteiger partial charge < -0.3 is 37.6 Å². The van der Waals surface area contributed by atoms with E-state index in [1.807, 2.05) is 19.2 Å². The van der Waals surface area contributed by atoms with Crippen LogP contribution in [0, 0.1) is 5.92 Å². The van der Waals surface area contributed by atoms with E-state index in [4.69, 9.17) is 21.7 Å². The topological polar surface area (TPSA) is 214 Å². The molecule has 0 aromatic rings. The van der Waals surface area contributed by atoms with Crippen LogP contribution in [0.4, 0.5) is 0 Å². The number of carbonyl (C=O) groups excluding carboxylic acids is 3. The molecule has 9 N–H and O–H groups in total. The van der Waals surface area contributed by atoms with Crippen LogP contribution in [-0.2, 0) is 24.0 Å². The Hall–Kier alpha value is -2.73. The Bertz CT molecular complexity index is 612. The predicted molar refractivity (Wildman–Crippen MR) is 107 cm³/mol. The number of nitrogens with two attached hydrogens (primary N) is 2. The first-order valence-electron chi connectivity index (χ1n) is 9.75. The molecule has 0 spiro atoms. The molecular formula is C18H33N5O7. The number of carboxylic acid groups (broad SMARTS) is 2. The summed E-state index contributed by atoms with van der Waals surface area (Å²) in [4.78, 5) is 58.7. The average molecular weight is 431 g/mol. The van der Waals surface area contributed by atoms with Gasteiger partial charge in [-0.15, -0.1) is 0 Å². The molecule has 0 aromatic carbocycles. The molecule has 0 bridgehead atoms. The summed E-state index contributed by atoms with van der Waals surface area (Å²) < 4.78 is 0. The van der Waals surface area contributed by atoms with Crippen molar-refractivity contribution in [3.63, 3.8) is 0 Å². The van der Waals surface area contributed by atoms with Crippen LogP contribution in [-0.4, -0.2) is 71.1 Å². The lowest BCUT2D eigenvalue weighted by Gasteiger charge is -2.24. The van der Waals surface area contributed by atoms with Gasteiger partial charge in [-0.05, 0) is 38.1 Å². The van der Waals surface area contributed by atoms with Crippen molar-refractivity contribution in [2.45, 2.75) is 64.1 Å². The summed E-state index contributed by atoms with van der Waals surface area (Å²) in [5.74, 6) is -4.80. The van der Waals surface area contributed by atoms with Gasteiger partial charge in [-0.1, -0.05) is 13.8 Å². The number of carbonyl (C=O) groups is 5. The van der Waals surface area contributed by atoms with Crippen LogP contribution in [0.5, 0.6) is 0 Å². The first-order valence-corrected chi connectivity index (χ1v) is 9.75. The summed E-state index contributed by atoms with van der Waals surface area (Å²) in [6, 6.07) is -3.39. The molecule has 0 aliphatic carbocycles. The third-order valence-corrected chi connectivity index (χ3v) is 4.07. The maximum Gasteiger partial charge on any atom is 0.322 e. The first kappa shape index (κ1) is 27.3. The maximum atomic E-state index is 12.7. The molecule has 3 unspecified atom stereocenters. The monoisotopic (exact) mass is 431 g/mol. The van der Waals surface area contributed by atoms with Gasteiger partial charge >= 0.3 is 11.9 Å². The van der Waals surface area contributed by atoms with Crippen LogP contribution < -0.4 is 27.4 Å². The molecule has 30 heavy (non-hydrogen) atoms. The minimum atomic E-state index is -1.51. The highest BCUT2D eigenvalue weighted by Crippen LogP contribution is 2.06. The van der Waals surface area contributed by atoms with E-state index in [0.717, 1.165) is 0 Å². The van der Waals surface area contributed by atoms with E-state index in [0.29, 0.717) is 25.8 Å². The van der Waals surface area contributed by atoms with Crippen LogP contribution in [0.1, 0.15) is 46.0 Å². The molecule has 3 amide bonds. The lowest BCUT2D eigenvalue weighted by Crippen LogP contribution is -2.56. The third kappa shape index (κ3) is 12.0. The second kappa shape index (κ2) is 14.3. The number of nitrogens with one attached hydrogen (secondary N) is 3. The fourth-order valence-corrected chi connectivity index (χ4v) is 2.60. The lowest BCUT2D eigenvalue weighted by molar-refractivity contribution is -0.141. The van der Waals surface area contributed by atoms with Gasteiger partial charge in [0, 0.05) is 0 Å². The number of unbranched alkanes of at least 4 members (excludes halogenated alkanes) is 1. The molecule has 0 aliphatic rings. The number of carboxylic acids is 2. The van der Waals surface area contributed by atoms with Gasteiger partial charge in [0.25, 0.3) is 0 Å². The van der Waals surface area contributed by atoms with Crippen LogP contribution in [0.2, 0.25) is 0 Å². The van der Waals surface area contributed by atoms with Crippen LogP contribution in [0.15, 0.2) is 0 Å². The summed E-state index contributed by atoms with van der Waals surface area (Å²) in [5.41, 5.74) is 11.3. The van der Waals surface area contributed by atoms with Crippen molar-refractivity contribution in [3.8, 4) is 0 Å². The van der Waals surface area contributed by atoms with Crippen LogP contribution >= 0.6 is 0 Å². The van der Waals surface area contributed by atoms with Gasteiger partial charge in [0.2, 0.25) is 17.7 Å². The molecule has 0 rings (SSSR count). The van der Waals surface area contributed by atoms with Crippen molar-refractivity contribution in [2.24, 2.45) is 17.4 Å². The Morgan fingerprint density at radius 1 is 0.867 bits per heavy atom. The van der Waals surface area contributed by atoms with Crippen molar-refractivity contribution >= 4 is 29.7 Å². The molecule has 12 heteroatoms. The highest BCUT2D eigenvalue weighted by atomic mass is 16.4. The third-order valence-electron chi connectivity index (χ3n) is 4.07. The summed E-state index contributed by atoms with van der Waals surface area (Å²) in [6.45, 7) is 3.44. The van der Waals surface area contributed by atoms with Crippen molar-refractivity contribution in [3.05, 3.63) is 0 Å². The Morgan fingerprint density at radius 2 is 1.47 bits per heavy atom. The van der Waals surface area contributed by atoms with Crippen molar-refractivity contribution < 1.29 is 34.2 Å². The molecule has 0 saturated heterocycles. The van der Waals surface area contributed by atoms with Crippen LogP contribution in [0.3, 0.4) is 0 Å². The fraction of sp³-hybridized carbons (Fsp3) is 0.722. The number of amides is 3. The minimum absolute atomic E-state index is 0.160. The number of hydrogen-bond acceptors (Lipinski definition) is 7. The first-order chi connectivity index (χ1) is 14.0. The molecule has 0 fully saturated rings. The molecule has 12 nitrogen and oxygen atoms in total. The molecule has 0 aliphatic heterocycles. The zero-order valence-corrected chi connectivity index (χ0v) is 17.3. The van der Waals surface area contributed by atoms with E-state index in [2.05, 4.69) is 10.6 Å². The second-order valence-corrected chi connectivity index (χ2v) is 7.35. The maximum absolute atomic E-state index is 12.7. The molecule has 0 aromatic heterocycles. The number of hydrogen-bond donors (Lipinski definition) is 7. The van der Waals surface area contributed by atoms with Gasteiger partial charge in [0.05, 0.1) is 12.5 Å². The highest BCUT2D eigenvalue weighted by molar-refractivity contribution is 5.95. The highest BCUT2D eigenvalue weighted by Gasteiger charge is 2.29. The molecule has 3 atom stereocenters. The van der Waals surface area contributed by atoms with E-state index in [-0.39, 0.29) is 12.3 Å². The fourth-order valence-electron chi connectivity index (χ4n) is 2.60. The van der Waals surface area contributed by atoms with Gasteiger partial charge in [0.1, 0.15) is 18.6 Å². The normalized spacial score (nSPS) is 13.8. The number of rotatable bonds is 15. The van der Waals surface area contributed by atoms with E-state index < -0.39 is 60.8 Å². The van der Waals surface area contributed by atoms with Gasteiger partial charge in [-0.3, -0.25) is 24.0 Å². The Kier molecular flexibility index (Phi) is 13.0. The van der Waals surface area contributed by atoms with Crippen molar-refractivity contribution in [1.29, 1.82) is 0 Å². The standard InChI is InChI=1S/C18H33N5O7/c1-10(2)7-11(20)16(28)22-12(5-3-4-6-19)18(30)23-13(8-14(24)25)17(29)21-9-15(26)27/h10-13H,3-9,19-20H2,1-2H3,(H,21,29)(H,22,28)(H,23,30)(H,24,25)(H,26,27). The summed E-state index contributed by atoms with van der Waals surface area (Å²) in [6.07, 6.45) is 0.952.